The summed E-state index contributed by atoms with van der Waals surface area (Å²) in [5.74, 6) is 1.12. The second kappa shape index (κ2) is 11.4. The van der Waals surface area contributed by atoms with Gasteiger partial charge in [0.1, 0.15) is 0 Å². The van der Waals surface area contributed by atoms with Crippen LogP contribution in [0.15, 0.2) is 4.99 Å². The number of nitrogens with zero attached hydrogens (tertiary/aromatic N) is 3. The Bertz CT molecular complexity index is 445. The van der Waals surface area contributed by atoms with Crippen molar-refractivity contribution in [1.82, 2.24) is 20.4 Å². The molecule has 2 N–H and O–H groups in total. The number of guanidine groups is 1. The Morgan fingerprint density at radius 3 is 2.54 bits per heavy atom. The summed E-state index contributed by atoms with van der Waals surface area (Å²) in [6.45, 7) is 12.3. The topological polar surface area (TPSA) is 60.0 Å². The Morgan fingerprint density at radius 1 is 1.12 bits per heavy atom. The molecule has 2 fully saturated rings. The molecule has 6 nitrogen and oxygen atoms in total. The number of aliphatic imine (C=N–C) groups is 1. The van der Waals surface area contributed by atoms with Crippen LogP contribution < -0.4 is 10.6 Å². The largest absolute Gasteiger partial charge is 0.357 e. The maximum absolute atomic E-state index is 12.4. The monoisotopic (exact) mass is 365 g/mol. The summed E-state index contributed by atoms with van der Waals surface area (Å²) in [6, 6.07) is 0.874. The first-order chi connectivity index (χ1) is 12.6. The smallest absolute Gasteiger partial charge is 0.224 e. The molecule has 2 aliphatic heterocycles. The molecule has 0 bridgehead atoms. The van der Waals surface area contributed by atoms with Gasteiger partial charge in [-0.15, -0.1) is 0 Å². The quantitative estimate of drug-likeness (QED) is 0.536. The fourth-order valence-electron chi connectivity index (χ4n) is 4.01. The van der Waals surface area contributed by atoms with Crippen molar-refractivity contribution in [3.8, 4) is 0 Å². The Labute approximate surface area is 159 Å². The first-order valence-electron chi connectivity index (χ1n) is 10.7. The molecule has 1 atom stereocenters. The molecule has 2 rings (SSSR count). The van der Waals surface area contributed by atoms with E-state index in [2.05, 4.69) is 41.3 Å². The number of nitrogens with one attached hydrogen (secondary N) is 2. The zero-order valence-electron chi connectivity index (χ0n) is 17.1. The molecular weight excluding hydrogens is 326 g/mol. The van der Waals surface area contributed by atoms with E-state index in [-0.39, 0.29) is 5.91 Å². The lowest BCUT2D eigenvalue weighted by molar-refractivity contribution is -0.134. The van der Waals surface area contributed by atoms with Crippen LogP contribution in [0.2, 0.25) is 0 Å². The van der Waals surface area contributed by atoms with Crippen molar-refractivity contribution >= 4 is 11.9 Å². The molecule has 0 aliphatic carbocycles. The van der Waals surface area contributed by atoms with Crippen LogP contribution in [0.5, 0.6) is 0 Å². The molecule has 2 heterocycles. The molecule has 150 valence electrons. The lowest BCUT2D eigenvalue weighted by Gasteiger charge is -2.33. The third-order valence-electron chi connectivity index (χ3n) is 5.53. The highest BCUT2D eigenvalue weighted by molar-refractivity contribution is 5.81. The van der Waals surface area contributed by atoms with E-state index in [1.54, 1.807) is 0 Å². The van der Waals surface area contributed by atoms with E-state index in [1.807, 2.05) is 4.90 Å². The van der Waals surface area contributed by atoms with Gasteiger partial charge in [0.2, 0.25) is 5.91 Å². The number of rotatable bonds is 7. The molecule has 26 heavy (non-hydrogen) atoms. The third kappa shape index (κ3) is 6.78. The number of hydrogen-bond donors (Lipinski definition) is 2. The summed E-state index contributed by atoms with van der Waals surface area (Å²) in [5.41, 5.74) is 0. The van der Waals surface area contributed by atoms with Gasteiger partial charge in [0.25, 0.3) is 0 Å². The van der Waals surface area contributed by atoms with Gasteiger partial charge in [0, 0.05) is 44.7 Å². The molecule has 0 spiro atoms. The van der Waals surface area contributed by atoms with Crippen LogP contribution in [-0.4, -0.2) is 73.0 Å². The summed E-state index contributed by atoms with van der Waals surface area (Å²) in [4.78, 5) is 21.7. The average Bonchev–Trinajstić information content (AvgIpc) is 2.64. The highest BCUT2D eigenvalue weighted by Gasteiger charge is 2.23. The summed E-state index contributed by atoms with van der Waals surface area (Å²) >= 11 is 0. The molecule has 0 radical (unpaired) electrons. The normalized spacial score (nSPS) is 23.1. The highest BCUT2D eigenvalue weighted by Crippen LogP contribution is 2.17. The number of carbonyl (C=O) groups excluding carboxylic acids is 1. The Hall–Kier alpha value is -1.30. The van der Waals surface area contributed by atoms with Crippen LogP contribution in [0, 0.1) is 0 Å². The minimum Gasteiger partial charge on any atom is -0.357 e. The molecule has 1 amide bonds. The van der Waals surface area contributed by atoms with Gasteiger partial charge in [-0.2, -0.15) is 0 Å². The van der Waals surface area contributed by atoms with Crippen molar-refractivity contribution in [2.75, 3.05) is 39.3 Å². The van der Waals surface area contributed by atoms with Crippen LogP contribution in [0.3, 0.4) is 0 Å². The standard InChI is InChI=1S/C20H39N5O/c1-4-13-24-15-10-18(11-16-24)23-20(21-5-2)22-12-9-19(26)25-14-7-6-8-17(25)3/h17-18H,4-16H2,1-3H3,(H2,21,22,23). The summed E-state index contributed by atoms with van der Waals surface area (Å²) < 4.78 is 0. The molecule has 0 saturated carbocycles. The predicted molar refractivity (Wildman–Crippen MR) is 109 cm³/mol. The molecule has 6 heteroatoms. The van der Waals surface area contributed by atoms with E-state index in [4.69, 9.17) is 0 Å². The van der Waals surface area contributed by atoms with Crippen molar-refractivity contribution in [2.24, 2.45) is 4.99 Å². The number of piperidine rings is 2. The van der Waals surface area contributed by atoms with Gasteiger partial charge < -0.3 is 20.4 Å². The first kappa shape index (κ1) is 21.0. The molecule has 2 saturated heterocycles. The number of carbonyl (C=O) groups is 1. The van der Waals surface area contributed by atoms with Crippen molar-refractivity contribution in [2.45, 2.75) is 77.8 Å². The fourth-order valence-corrected chi connectivity index (χ4v) is 4.01. The van der Waals surface area contributed by atoms with E-state index in [0.717, 1.165) is 57.8 Å². The van der Waals surface area contributed by atoms with Crippen LogP contribution >= 0.6 is 0 Å². The number of likely N-dealkylation sites (tertiary alicyclic amines) is 2. The van der Waals surface area contributed by atoms with E-state index in [9.17, 15) is 4.79 Å². The summed E-state index contributed by atoms with van der Waals surface area (Å²) in [6.07, 6.45) is 7.58. The number of amides is 1. The number of hydrogen-bond acceptors (Lipinski definition) is 3. The van der Waals surface area contributed by atoms with Crippen molar-refractivity contribution < 1.29 is 4.79 Å². The van der Waals surface area contributed by atoms with Gasteiger partial charge in [-0.1, -0.05) is 6.92 Å². The van der Waals surface area contributed by atoms with Crippen molar-refractivity contribution in [1.29, 1.82) is 0 Å². The molecule has 2 aliphatic rings. The van der Waals surface area contributed by atoms with Gasteiger partial charge in [-0.05, 0) is 58.9 Å². The van der Waals surface area contributed by atoms with Gasteiger partial charge in [-0.25, -0.2) is 0 Å². The molecule has 0 aromatic carbocycles. The van der Waals surface area contributed by atoms with Gasteiger partial charge in [0.05, 0.1) is 6.54 Å². The molecular formula is C20H39N5O. The van der Waals surface area contributed by atoms with Crippen molar-refractivity contribution in [3.63, 3.8) is 0 Å². The Morgan fingerprint density at radius 2 is 1.88 bits per heavy atom. The minimum absolute atomic E-state index is 0.254. The molecule has 0 aromatic rings. The molecule has 0 aromatic heterocycles. The van der Waals surface area contributed by atoms with Crippen LogP contribution in [-0.2, 0) is 4.79 Å². The fraction of sp³-hybridized carbons (Fsp3) is 0.900. The van der Waals surface area contributed by atoms with Gasteiger partial charge in [-0.3, -0.25) is 9.79 Å². The second-order valence-corrected chi connectivity index (χ2v) is 7.70. The third-order valence-corrected chi connectivity index (χ3v) is 5.53. The first-order valence-corrected chi connectivity index (χ1v) is 10.7. The maximum atomic E-state index is 12.4. The lowest BCUT2D eigenvalue weighted by Crippen LogP contribution is -2.49. The highest BCUT2D eigenvalue weighted by atomic mass is 16.2. The lowest BCUT2D eigenvalue weighted by atomic mass is 10.0. The van der Waals surface area contributed by atoms with E-state index in [0.29, 0.717) is 25.0 Å². The van der Waals surface area contributed by atoms with E-state index < -0.39 is 0 Å². The Kier molecular flexibility index (Phi) is 9.23. The van der Waals surface area contributed by atoms with Crippen LogP contribution in [0.4, 0.5) is 0 Å². The zero-order chi connectivity index (χ0) is 18.8. The van der Waals surface area contributed by atoms with Crippen LogP contribution in [0.1, 0.15) is 65.7 Å². The van der Waals surface area contributed by atoms with E-state index in [1.165, 1.54) is 19.4 Å². The minimum atomic E-state index is 0.254. The van der Waals surface area contributed by atoms with E-state index >= 15 is 0 Å². The predicted octanol–water partition coefficient (Wildman–Crippen LogP) is 2.21. The second-order valence-electron chi connectivity index (χ2n) is 7.70. The Balaban J connectivity index is 1.76. The summed E-state index contributed by atoms with van der Waals surface area (Å²) in [7, 11) is 0. The maximum Gasteiger partial charge on any atom is 0.224 e. The van der Waals surface area contributed by atoms with Crippen molar-refractivity contribution in [3.05, 3.63) is 0 Å². The molecule has 1 unspecified atom stereocenters. The summed E-state index contributed by atoms with van der Waals surface area (Å²) in [5, 5.41) is 6.90. The van der Waals surface area contributed by atoms with Crippen LogP contribution in [0.25, 0.3) is 0 Å². The van der Waals surface area contributed by atoms with Gasteiger partial charge >= 0.3 is 0 Å². The zero-order valence-corrected chi connectivity index (χ0v) is 17.1. The average molecular weight is 366 g/mol. The SMILES string of the molecule is CCCN1CCC(NC(=NCCC(=O)N2CCCCC2C)NCC)CC1. The van der Waals surface area contributed by atoms with Gasteiger partial charge in [0.15, 0.2) is 5.96 Å².